The van der Waals surface area contributed by atoms with Crippen LogP contribution in [-0.4, -0.2) is 20.0 Å². The van der Waals surface area contributed by atoms with Crippen molar-refractivity contribution < 1.29 is 0 Å². The SMILES string of the molecule is Cc1cc2c(nnn2C)c(=O)[nH]1. The van der Waals surface area contributed by atoms with Gasteiger partial charge in [0.2, 0.25) is 0 Å². The van der Waals surface area contributed by atoms with Gasteiger partial charge in [0.05, 0.1) is 5.52 Å². The summed E-state index contributed by atoms with van der Waals surface area (Å²) in [4.78, 5) is 13.9. The summed E-state index contributed by atoms with van der Waals surface area (Å²) in [5.41, 5.74) is 1.79. The van der Waals surface area contributed by atoms with Crippen LogP contribution in [0.1, 0.15) is 5.69 Å². The third-order valence-corrected chi connectivity index (χ3v) is 1.75. The summed E-state index contributed by atoms with van der Waals surface area (Å²) in [6.45, 7) is 1.83. The molecule has 2 heterocycles. The van der Waals surface area contributed by atoms with Gasteiger partial charge in [0.25, 0.3) is 5.56 Å². The number of rotatable bonds is 0. The Hall–Kier alpha value is -1.65. The zero-order valence-electron chi connectivity index (χ0n) is 6.83. The lowest BCUT2D eigenvalue weighted by Crippen LogP contribution is -2.07. The summed E-state index contributed by atoms with van der Waals surface area (Å²) in [6.07, 6.45) is 0. The van der Waals surface area contributed by atoms with Crippen molar-refractivity contribution in [3.63, 3.8) is 0 Å². The van der Waals surface area contributed by atoms with Crippen molar-refractivity contribution in [3.05, 3.63) is 22.1 Å². The Morgan fingerprint density at radius 3 is 3.08 bits per heavy atom. The second-order valence-corrected chi connectivity index (χ2v) is 2.73. The molecule has 0 saturated carbocycles. The van der Waals surface area contributed by atoms with Crippen LogP contribution in [0.4, 0.5) is 0 Å². The monoisotopic (exact) mass is 164 g/mol. The Kier molecular flexibility index (Phi) is 1.27. The molecule has 2 aromatic heterocycles. The number of aromatic nitrogens is 4. The van der Waals surface area contributed by atoms with Crippen LogP contribution in [0, 0.1) is 6.92 Å². The van der Waals surface area contributed by atoms with E-state index in [9.17, 15) is 4.79 Å². The molecular weight excluding hydrogens is 156 g/mol. The Morgan fingerprint density at radius 2 is 2.33 bits per heavy atom. The smallest absolute Gasteiger partial charge is 0.278 e. The predicted octanol–water partition coefficient (Wildman–Crippen LogP) is -0.0350. The van der Waals surface area contributed by atoms with E-state index < -0.39 is 0 Å². The maximum atomic E-state index is 11.2. The van der Waals surface area contributed by atoms with E-state index in [4.69, 9.17) is 0 Å². The molecule has 12 heavy (non-hydrogen) atoms. The average Bonchev–Trinajstić information content (AvgIpc) is 2.33. The molecule has 0 atom stereocenters. The molecule has 1 N–H and O–H groups in total. The van der Waals surface area contributed by atoms with E-state index in [-0.39, 0.29) is 5.56 Å². The first-order valence-electron chi connectivity index (χ1n) is 3.58. The molecule has 0 fully saturated rings. The molecule has 0 bridgehead atoms. The van der Waals surface area contributed by atoms with E-state index in [2.05, 4.69) is 15.3 Å². The minimum Gasteiger partial charge on any atom is -0.324 e. The Balaban J connectivity index is 3.03. The maximum absolute atomic E-state index is 11.2. The van der Waals surface area contributed by atoms with E-state index in [1.165, 1.54) is 0 Å². The topological polar surface area (TPSA) is 63.6 Å². The van der Waals surface area contributed by atoms with Crippen LogP contribution in [0.3, 0.4) is 0 Å². The third kappa shape index (κ3) is 0.827. The van der Waals surface area contributed by atoms with Crippen LogP contribution in [-0.2, 0) is 7.05 Å². The minimum absolute atomic E-state index is 0.182. The van der Waals surface area contributed by atoms with Gasteiger partial charge in [0, 0.05) is 12.7 Å². The van der Waals surface area contributed by atoms with Gasteiger partial charge in [0.1, 0.15) is 0 Å². The van der Waals surface area contributed by atoms with Crippen molar-refractivity contribution in [1.29, 1.82) is 0 Å². The van der Waals surface area contributed by atoms with Gasteiger partial charge in [-0.2, -0.15) is 0 Å². The Morgan fingerprint density at radius 1 is 1.58 bits per heavy atom. The van der Waals surface area contributed by atoms with Crippen molar-refractivity contribution in [2.75, 3.05) is 0 Å². The summed E-state index contributed by atoms with van der Waals surface area (Å²) < 4.78 is 1.58. The van der Waals surface area contributed by atoms with Gasteiger partial charge in [-0.1, -0.05) is 5.21 Å². The standard InChI is InChI=1S/C7H8N4O/c1-4-3-5-6(7(12)8-4)9-10-11(5)2/h3H,1-2H3,(H,8,12). The summed E-state index contributed by atoms with van der Waals surface area (Å²) in [6, 6.07) is 1.84. The first kappa shape index (κ1) is 7.02. The van der Waals surface area contributed by atoms with E-state index >= 15 is 0 Å². The zero-order valence-corrected chi connectivity index (χ0v) is 6.83. The highest BCUT2D eigenvalue weighted by Gasteiger charge is 2.04. The van der Waals surface area contributed by atoms with Gasteiger partial charge in [-0.05, 0) is 13.0 Å². The maximum Gasteiger partial charge on any atom is 0.278 e. The lowest BCUT2D eigenvalue weighted by molar-refractivity contribution is 0.736. The van der Waals surface area contributed by atoms with Crippen LogP contribution in [0.5, 0.6) is 0 Å². The number of hydrogen-bond donors (Lipinski definition) is 1. The molecule has 5 nitrogen and oxygen atoms in total. The highest BCUT2D eigenvalue weighted by Crippen LogP contribution is 2.04. The van der Waals surface area contributed by atoms with E-state index in [1.807, 2.05) is 13.0 Å². The fourth-order valence-corrected chi connectivity index (χ4v) is 1.17. The van der Waals surface area contributed by atoms with Crippen molar-refractivity contribution in [1.82, 2.24) is 20.0 Å². The van der Waals surface area contributed by atoms with Crippen molar-refractivity contribution >= 4 is 11.0 Å². The number of nitrogens with one attached hydrogen (secondary N) is 1. The average molecular weight is 164 g/mol. The molecule has 62 valence electrons. The van der Waals surface area contributed by atoms with E-state index in [1.54, 1.807) is 11.7 Å². The number of hydrogen-bond acceptors (Lipinski definition) is 3. The van der Waals surface area contributed by atoms with Gasteiger partial charge in [-0.15, -0.1) is 5.10 Å². The highest BCUT2D eigenvalue weighted by atomic mass is 16.1. The quantitative estimate of drug-likeness (QED) is 0.594. The minimum atomic E-state index is -0.182. The fraction of sp³-hybridized carbons (Fsp3) is 0.286. The molecule has 0 radical (unpaired) electrons. The van der Waals surface area contributed by atoms with Crippen LogP contribution in [0.25, 0.3) is 11.0 Å². The summed E-state index contributed by atoms with van der Waals surface area (Å²) >= 11 is 0. The van der Waals surface area contributed by atoms with Crippen molar-refractivity contribution in [2.24, 2.45) is 7.05 Å². The molecule has 0 amide bonds. The van der Waals surface area contributed by atoms with Gasteiger partial charge in [-0.3, -0.25) is 4.79 Å². The summed E-state index contributed by atoms with van der Waals surface area (Å²) in [5, 5.41) is 7.47. The molecule has 0 saturated heterocycles. The zero-order chi connectivity index (χ0) is 8.72. The number of nitrogens with zero attached hydrogens (tertiary/aromatic N) is 3. The lowest BCUT2D eigenvalue weighted by atomic mass is 10.3. The summed E-state index contributed by atoms with van der Waals surface area (Å²) in [5.74, 6) is 0. The highest BCUT2D eigenvalue weighted by molar-refractivity contribution is 5.73. The molecule has 0 aromatic carbocycles. The molecule has 0 aliphatic heterocycles. The summed E-state index contributed by atoms with van der Waals surface area (Å²) in [7, 11) is 1.76. The van der Waals surface area contributed by atoms with Crippen LogP contribution in [0.2, 0.25) is 0 Å². The van der Waals surface area contributed by atoms with Gasteiger partial charge < -0.3 is 4.98 Å². The normalized spacial score (nSPS) is 10.8. The van der Waals surface area contributed by atoms with Crippen LogP contribution >= 0.6 is 0 Å². The van der Waals surface area contributed by atoms with Gasteiger partial charge >= 0.3 is 0 Å². The second-order valence-electron chi connectivity index (χ2n) is 2.73. The van der Waals surface area contributed by atoms with Crippen molar-refractivity contribution in [2.45, 2.75) is 6.92 Å². The fourth-order valence-electron chi connectivity index (χ4n) is 1.17. The number of fused-ring (bicyclic) bond motifs is 1. The molecule has 0 aliphatic rings. The first-order chi connectivity index (χ1) is 5.68. The van der Waals surface area contributed by atoms with Crippen molar-refractivity contribution in [3.8, 4) is 0 Å². The van der Waals surface area contributed by atoms with Crippen LogP contribution < -0.4 is 5.56 Å². The predicted molar refractivity (Wildman–Crippen MR) is 43.9 cm³/mol. The third-order valence-electron chi connectivity index (χ3n) is 1.75. The molecular formula is C7H8N4O. The molecule has 0 spiro atoms. The van der Waals surface area contributed by atoms with Gasteiger partial charge in [0.15, 0.2) is 5.52 Å². The Labute approximate surface area is 68.0 Å². The Bertz CT molecular complexity index is 482. The lowest BCUT2D eigenvalue weighted by Gasteiger charge is -1.92. The molecule has 0 unspecified atom stereocenters. The first-order valence-corrected chi connectivity index (χ1v) is 3.58. The molecule has 0 aliphatic carbocycles. The largest absolute Gasteiger partial charge is 0.324 e. The second kappa shape index (κ2) is 2.17. The number of aromatic amines is 1. The van der Waals surface area contributed by atoms with Gasteiger partial charge in [-0.25, -0.2) is 4.68 Å². The van der Waals surface area contributed by atoms with Crippen LogP contribution in [0.15, 0.2) is 10.9 Å². The van der Waals surface area contributed by atoms with E-state index in [0.717, 1.165) is 11.2 Å². The number of pyridine rings is 1. The number of H-pyrrole nitrogens is 1. The van der Waals surface area contributed by atoms with E-state index in [0.29, 0.717) is 5.52 Å². The molecule has 5 heteroatoms. The number of aryl methyl sites for hydroxylation is 2. The molecule has 2 aromatic rings. The molecule has 2 rings (SSSR count).